The van der Waals surface area contributed by atoms with Crippen LogP contribution in [0.15, 0.2) is 79.1 Å². The van der Waals surface area contributed by atoms with E-state index in [9.17, 15) is 4.79 Å². The fraction of sp³-hybridized carbons (Fsp3) is 0.130. The van der Waals surface area contributed by atoms with Crippen LogP contribution in [0.1, 0.15) is 16.8 Å². The number of rotatable bonds is 8. The lowest BCUT2D eigenvalue weighted by Gasteiger charge is -2.09. The minimum absolute atomic E-state index is 0.209. The number of aromatic nitrogens is 3. The summed E-state index contributed by atoms with van der Waals surface area (Å²) in [5.41, 5.74) is 1.52. The van der Waals surface area contributed by atoms with E-state index in [4.69, 9.17) is 4.74 Å². The van der Waals surface area contributed by atoms with Gasteiger partial charge in [-0.25, -0.2) is 4.98 Å². The summed E-state index contributed by atoms with van der Waals surface area (Å²) in [6.07, 6.45) is 4.16. The zero-order chi connectivity index (χ0) is 20.6. The van der Waals surface area contributed by atoms with Crippen LogP contribution < -0.4 is 15.4 Å². The second-order valence-electron chi connectivity index (χ2n) is 6.57. The van der Waals surface area contributed by atoms with Crippen molar-refractivity contribution in [2.45, 2.75) is 6.42 Å². The maximum absolute atomic E-state index is 12.2. The van der Waals surface area contributed by atoms with Gasteiger partial charge in [-0.05, 0) is 48.9 Å². The number of anilines is 2. The molecule has 0 radical (unpaired) electrons. The van der Waals surface area contributed by atoms with Crippen LogP contribution in [0.4, 0.5) is 11.8 Å². The molecule has 4 aromatic rings. The highest BCUT2D eigenvalue weighted by atomic mass is 16.5. The summed E-state index contributed by atoms with van der Waals surface area (Å²) < 4.78 is 5.81. The Hall–Kier alpha value is -4.00. The number of nitrogens with one attached hydrogen (secondary N) is 2. The van der Waals surface area contributed by atoms with Crippen LogP contribution in [0.2, 0.25) is 0 Å². The molecule has 2 aromatic heterocycles. The van der Waals surface area contributed by atoms with Gasteiger partial charge in [-0.15, -0.1) is 0 Å². The lowest BCUT2D eigenvalue weighted by molar-refractivity contribution is 0.102. The first-order chi connectivity index (χ1) is 14.8. The largest absolute Gasteiger partial charge is 0.494 e. The van der Waals surface area contributed by atoms with Gasteiger partial charge in [0, 0.05) is 29.9 Å². The van der Waals surface area contributed by atoms with E-state index in [2.05, 4.69) is 25.6 Å². The van der Waals surface area contributed by atoms with Crippen LogP contribution in [0.3, 0.4) is 0 Å². The van der Waals surface area contributed by atoms with Crippen molar-refractivity contribution < 1.29 is 9.53 Å². The summed E-state index contributed by atoms with van der Waals surface area (Å²) in [5, 5.41) is 6.98. The minimum atomic E-state index is -0.209. The van der Waals surface area contributed by atoms with Gasteiger partial charge in [-0.1, -0.05) is 24.3 Å². The zero-order valence-electron chi connectivity index (χ0n) is 16.3. The predicted molar refractivity (Wildman–Crippen MR) is 117 cm³/mol. The number of carbonyl (C=O) groups is 1. The lowest BCUT2D eigenvalue weighted by Crippen LogP contribution is -2.14. The molecular formula is C23H21N5O2. The first kappa shape index (κ1) is 19.3. The Morgan fingerprint density at radius 2 is 1.83 bits per heavy atom. The molecule has 0 aliphatic heterocycles. The number of carbonyl (C=O) groups excluding carboxylic acids is 1. The van der Waals surface area contributed by atoms with E-state index in [0.717, 1.165) is 23.1 Å². The quantitative estimate of drug-likeness (QED) is 0.433. The van der Waals surface area contributed by atoms with Crippen LogP contribution in [-0.2, 0) is 0 Å². The predicted octanol–water partition coefficient (Wildman–Crippen LogP) is 4.16. The summed E-state index contributed by atoms with van der Waals surface area (Å²) in [6, 6.07) is 20.4. The molecule has 30 heavy (non-hydrogen) atoms. The third-order valence-corrected chi connectivity index (χ3v) is 4.38. The summed E-state index contributed by atoms with van der Waals surface area (Å²) in [6.45, 7) is 1.20. The Kier molecular flexibility index (Phi) is 6.10. The van der Waals surface area contributed by atoms with Crippen LogP contribution in [-0.4, -0.2) is 34.0 Å². The molecule has 0 saturated heterocycles. The summed E-state index contributed by atoms with van der Waals surface area (Å²) in [4.78, 5) is 25.0. The standard InChI is InChI=1S/C23H21N5O2/c29-22(17-6-2-1-3-7-17)27-21-11-14-26-23(28-21)25-13-5-15-30-19-9-10-20-18(16-19)8-4-12-24-20/h1-4,6-12,14,16H,5,13,15H2,(H2,25,26,27,28,29). The number of nitrogens with zero attached hydrogens (tertiary/aromatic N) is 3. The topological polar surface area (TPSA) is 89.0 Å². The van der Waals surface area contributed by atoms with E-state index in [1.165, 1.54) is 0 Å². The van der Waals surface area contributed by atoms with Crippen LogP contribution in [0, 0.1) is 0 Å². The van der Waals surface area contributed by atoms with Crippen molar-refractivity contribution in [1.29, 1.82) is 0 Å². The highest BCUT2D eigenvalue weighted by Gasteiger charge is 2.07. The molecular weight excluding hydrogens is 378 g/mol. The number of hydrogen-bond acceptors (Lipinski definition) is 6. The molecule has 0 spiro atoms. The molecule has 0 fully saturated rings. The summed E-state index contributed by atoms with van der Waals surface area (Å²) >= 11 is 0. The lowest BCUT2D eigenvalue weighted by atomic mass is 10.2. The third kappa shape index (κ3) is 5.08. The first-order valence-corrected chi connectivity index (χ1v) is 9.69. The number of ether oxygens (including phenoxy) is 1. The molecule has 1 amide bonds. The summed E-state index contributed by atoms with van der Waals surface area (Å²) in [5.74, 6) is 1.51. The van der Waals surface area contributed by atoms with Crippen molar-refractivity contribution in [3.05, 3.63) is 84.7 Å². The van der Waals surface area contributed by atoms with Gasteiger partial charge in [0.15, 0.2) is 0 Å². The molecule has 0 saturated carbocycles. The average molecular weight is 399 g/mol. The molecule has 4 rings (SSSR count). The van der Waals surface area contributed by atoms with E-state index in [1.807, 2.05) is 48.5 Å². The fourth-order valence-electron chi connectivity index (χ4n) is 2.90. The second kappa shape index (κ2) is 9.47. The third-order valence-electron chi connectivity index (χ3n) is 4.38. The Bertz CT molecular complexity index is 1130. The van der Waals surface area contributed by atoms with Crippen LogP contribution in [0.5, 0.6) is 5.75 Å². The maximum Gasteiger partial charge on any atom is 0.256 e. The maximum atomic E-state index is 12.2. The second-order valence-corrected chi connectivity index (χ2v) is 6.57. The zero-order valence-corrected chi connectivity index (χ0v) is 16.3. The molecule has 150 valence electrons. The number of pyridine rings is 1. The molecule has 0 bridgehead atoms. The van der Waals surface area contributed by atoms with E-state index < -0.39 is 0 Å². The van der Waals surface area contributed by atoms with E-state index >= 15 is 0 Å². The van der Waals surface area contributed by atoms with Crippen molar-refractivity contribution in [3.8, 4) is 5.75 Å². The Morgan fingerprint density at radius 3 is 2.73 bits per heavy atom. The van der Waals surface area contributed by atoms with E-state index in [-0.39, 0.29) is 5.91 Å². The fourth-order valence-corrected chi connectivity index (χ4v) is 2.90. The van der Waals surface area contributed by atoms with Crippen LogP contribution >= 0.6 is 0 Å². The van der Waals surface area contributed by atoms with Gasteiger partial charge >= 0.3 is 0 Å². The van der Waals surface area contributed by atoms with E-state index in [1.54, 1.807) is 30.6 Å². The summed E-state index contributed by atoms with van der Waals surface area (Å²) in [7, 11) is 0. The van der Waals surface area contributed by atoms with Crippen molar-refractivity contribution in [3.63, 3.8) is 0 Å². The average Bonchev–Trinajstić information content (AvgIpc) is 2.79. The van der Waals surface area contributed by atoms with Crippen LogP contribution in [0.25, 0.3) is 10.9 Å². The van der Waals surface area contributed by atoms with Gasteiger partial charge in [0.2, 0.25) is 5.95 Å². The van der Waals surface area contributed by atoms with Gasteiger partial charge in [0.25, 0.3) is 5.91 Å². The van der Waals surface area contributed by atoms with Gasteiger partial charge in [0.05, 0.1) is 12.1 Å². The van der Waals surface area contributed by atoms with Gasteiger partial charge in [-0.3, -0.25) is 9.78 Å². The molecule has 2 heterocycles. The molecule has 0 atom stereocenters. The van der Waals surface area contributed by atoms with Crippen molar-refractivity contribution >= 4 is 28.6 Å². The molecule has 0 aliphatic rings. The SMILES string of the molecule is O=C(Nc1ccnc(NCCCOc2ccc3ncccc3c2)n1)c1ccccc1. The minimum Gasteiger partial charge on any atom is -0.494 e. The molecule has 7 heteroatoms. The van der Waals surface area contributed by atoms with E-state index in [0.29, 0.717) is 30.5 Å². The highest BCUT2D eigenvalue weighted by Crippen LogP contribution is 2.19. The smallest absolute Gasteiger partial charge is 0.256 e. The number of hydrogen-bond donors (Lipinski definition) is 2. The van der Waals surface area contributed by atoms with Crippen molar-refractivity contribution in [2.75, 3.05) is 23.8 Å². The molecule has 2 N–H and O–H groups in total. The molecule has 0 aliphatic carbocycles. The van der Waals surface area contributed by atoms with Gasteiger partial charge in [-0.2, -0.15) is 4.98 Å². The number of amides is 1. The first-order valence-electron chi connectivity index (χ1n) is 9.69. The Labute approximate surface area is 174 Å². The van der Waals surface area contributed by atoms with Crippen molar-refractivity contribution in [1.82, 2.24) is 15.0 Å². The number of benzene rings is 2. The molecule has 7 nitrogen and oxygen atoms in total. The number of fused-ring (bicyclic) bond motifs is 1. The van der Waals surface area contributed by atoms with Gasteiger partial charge in [0.1, 0.15) is 11.6 Å². The van der Waals surface area contributed by atoms with Gasteiger partial charge < -0.3 is 15.4 Å². The normalized spacial score (nSPS) is 10.5. The molecule has 2 aromatic carbocycles. The Balaban J connectivity index is 1.24. The molecule has 0 unspecified atom stereocenters. The monoisotopic (exact) mass is 399 g/mol. The highest BCUT2D eigenvalue weighted by molar-refractivity contribution is 6.03. The Morgan fingerprint density at radius 1 is 0.933 bits per heavy atom. The van der Waals surface area contributed by atoms with Crippen molar-refractivity contribution in [2.24, 2.45) is 0 Å².